The molecule has 0 bridgehead atoms. The Labute approximate surface area is 122 Å². The van der Waals surface area contributed by atoms with Crippen molar-refractivity contribution in [3.63, 3.8) is 0 Å². The standard InChI is InChI=1S/C14H18N2O5/c1-8-6-16(7-9(2)21-8)14(20)15-10-3-4-11(13(18)19)12(17)5-10/h3-5,8-9,17H,6-7H2,1-2H3,(H,15,20)(H,18,19)/t8-,9+. The number of hydrogen-bond acceptors (Lipinski definition) is 4. The topological polar surface area (TPSA) is 99.1 Å². The summed E-state index contributed by atoms with van der Waals surface area (Å²) in [5, 5.41) is 21.1. The van der Waals surface area contributed by atoms with Crippen LogP contribution in [0.25, 0.3) is 0 Å². The van der Waals surface area contributed by atoms with Crippen molar-refractivity contribution in [2.75, 3.05) is 18.4 Å². The molecule has 2 amide bonds. The number of aromatic hydroxyl groups is 1. The predicted octanol–water partition coefficient (Wildman–Crippen LogP) is 1.73. The molecule has 1 saturated heterocycles. The van der Waals surface area contributed by atoms with E-state index in [9.17, 15) is 14.7 Å². The number of carboxylic acid groups (broad SMARTS) is 1. The molecule has 1 aromatic rings. The van der Waals surface area contributed by atoms with Crippen LogP contribution in [0.1, 0.15) is 24.2 Å². The predicted molar refractivity (Wildman–Crippen MR) is 75.7 cm³/mol. The second-order valence-electron chi connectivity index (χ2n) is 5.13. The van der Waals surface area contributed by atoms with Crippen LogP contribution in [-0.4, -0.2) is 52.4 Å². The van der Waals surface area contributed by atoms with Gasteiger partial charge in [-0.1, -0.05) is 0 Å². The van der Waals surface area contributed by atoms with Crippen molar-refractivity contribution in [2.45, 2.75) is 26.1 Å². The Bertz CT molecular complexity index is 550. The summed E-state index contributed by atoms with van der Waals surface area (Å²) in [7, 11) is 0. The van der Waals surface area contributed by atoms with E-state index in [4.69, 9.17) is 9.84 Å². The maximum atomic E-state index is 12.2. The van der Waals surface area contributed by atoms with Crippen molar-refractivity contribution in [1.82, 2.24) is 4.90 Å². The van der Waals surface area contributed by atoms with Crippen LogP contribution in [0.3, 0.4) is 0 Å². The first-order valence-corrected chi connectivity index (χ1v) is 6.64. The Kier molecular flexibility index (Phi) is 4.32. The summed E-state index contributed by atoms with van der Waals surface area (Å²) in [5.41, 5.74) is 0.135. The highest BCUT2D eigenvalue weighted by Gasteiger charge is 2.26. The first-order valence-electron chi connectivity index (χ1n) is 6.64. The number of anilines is 1. The number of nitrogens with zero attached hydrogens (tertiary/aromatic N) is 1. The zero-order chi connectivity index (χ0) is 15.6. The SMILES string of the molecule is C[C@@H]1CN(C(=O)Nc2ccc(C(=O)O)c(O)c2)C[C@H](C)O1. The molecule has 0 spiro atoms. The first kappa shape index (κ1) is 15.1. The third-order valence-corrected chi connectivity index (χ3v) is 3.19. The zero-order valence-corrected chi connectivity index (χ0v) is 11.9. The van der Waals surface area contributed by atoms with Gasteiger partial charge in [0, 0.05) is 24.8 Å². The number of phenols is 1. The molecular formula is C14H18N2O5. The molecule has 0 aromatic heterocycles. The van der Waals surface area contributed by atoms with Crippen LogP contribution in [0.15, 0.2) is 18.2 Å². The second-order valence-corrected chi connectivity index (χ2v) is 5.13. The Morgan fingerprint density at radius 3 is 2.43 bits per heavy atom. The highest BCUT2D eigenvalue weighted by Crippen LogP contribution is 2.22. The number of amides is 2. The molecule has 0 radical (unpaired) electrons. The van der Waals surface area contributed by atoms with E-state index in [0.717, 1.165) is 0 Å². The number of aromatic carboxylic acids is 1. The second kappa shape index (κ2) is 6.01. The van der Waals surface area contributed by atoms with Crippen molar-refractivity contribution in [2.24, 2.45) is 0 Å². The van der Waals surface area contributed by atoms with Gasteiger partial charge in [-0.15, -0.1) is 0 Å². The van der Waals surface area contributed by atoms with Gasteiger partial charge in [-0.2, -0.15) is 0 Å². The average Bonchev–Trinajstić information content (AvgIpc) is 2.37. The molecule has 7 nitrogen and oxygen atoms in total. The monoisotopic (exact) mass is 294 g/mol. The van der Waals surface area contributed by atoms with E-state index in [1.165, 1.54) is 18.2 Å². The summed E-state index contributed by atoms with van der Waals surface area (Å²) in [4.78, 5) is 24.6. The lowest BCUT2D eigenvalue weighted by molar-refractivity contribution is -0.0530. The summed E-state index contributed by atoms with van der Waals surface area (Å²) in [6.45, 7) is 4.75. The number of urea groups is 1. The molecule has 0 saturated carbocycles. The highest BCUT2D eigenvalue weighted by atomic mass is 16.5. The fraction of sp³-hybridized carbons (Fsp3) is 0.429. The molecule has 7 heteroatoms. The number of ether oxygens (including phenoxy) is 1. The van der Waals surface area contributed by atoms with E-state index in [0.29, 0.717) is 18.8 Å². The van der Waals surface area contributed by atoms with Gasteiger partial charge in [0.2, 0.25) is 0 Å². The number of rotatable bonds is 2. The van der Waals surface area contributed by atoms with Crippen LogP contribution in [0.4, 0.5) is 10.5 Å². The first-order chi connectivity index (χ1) is 9.86. The normalized spacial score (nSPS) is 21.9. The Morgan fingerprint density at radius 2 is 1.90 bits per heavy atom. The quantitative estimate of drug-likeness (QED) is 0.771. The number of carbonyl (C=O) groups excluding carboxylic acids is 1. The van der Waals surface area contributed by atoms with Gasteiger partial charge in [0.15, 0.2) is 0 Å². The van der Waals surface area contributed by atoms with Crippen molar-refractivity contribution < 1.29 is 24.5 Å². The van der Waals surface area contributed by atoms with Crippen LogP contribution in [0.5, 0.6) is 5.75 Å². The van der Waals surface area contributed by atoms with E-state index < -0.39 is 5.97 Å². The van der Waals surface area contributed by atoms with Crippen molar-refractivity contribution in [3.8, 4) is 5.75 Å². The fourth-order valence-corrected chi connectivity index (χ4v) is 2.34. The summed E-state index contributed by atoms with van der Waals surface area (Å²) in [6, 6.07) is 3.60. The Hall–Kier alpha value is -2.28. The molecule has 1 heterocycles. The molecule has 114 valence electrons. The smallest absolute Gasteiger partial charge is 0.339 e. The molecule has 1 aromatic carbocycles. The van der Waals surface area contributed by atoms with E-state index in [2.05, 4.69) is 5.32 Å². The van der Waals surface area contributed by atoms with Gasteiger partial charge < -0.3 is 25.2 Å². The zero-order valence-electron chi connectivity index (χ0n) is 11.9. The van der Waals surface area contributed by atoms with Crippen LogP contribution in [-0.2, 0) is 4.74 Å². The Morgan fingerprint density at radius 1 is 1.29 bits per heavy atom. The van der Waals surface area contributed by atoms with E-state index >= 15 is 0 Å². The van der Waals surface area contributed by atoms with Crippen LogP contribution >= 0.6 is 0 Å². The molecule has 2 rings (SSSR count). The van der Waals surface area contributed by atoms with Crippen LogP contribution in [0, 0.1) is 0 Å². The average molecular weight is 294 g/mol. The minimum absolute atomic E-state index is 0.0395. The number of carbonyl (C=O) groups is 2. The van der Waals surface area contributed by atoms with E-state index in [1.54, 1.807) is 4.90 Å². The number of morpholine rings is 1. The van der Waals surface area contributed by atoms with Gasteiger partial charge in [0.25, 0.3) is 0 Å². The Balaban J connectivity index is 2.06. The van der Waals surface area contributed by atoms with Gasteiger partial charge >= 0.3 is 12.0 Å². The maximum Gasteiger partial charge on any atom is 0.339 e. The fourth-order valence-electron chi connectivity index (χ4n) is 2.34. The van der Waals surface area contributed by atoms with Crippen LogP contribution < -0.4 is 5.32 Å². The molecule has 2 atom stereocenters. The number of nitrogens with one attached hydrogen (secondary N) is 1. The van der Waals surface area contributed by atoms with E-state index in [1.807, 2.05) is 13.8 Å². The largest absolute Gasteiger partial charge is 0.507 e. The van der Waals surface area contributed by atoms with Gasteiger partial charge in [-0.05, 0) is 26.0 Å². The van der Waals surface area contributed by atoms with Gasteiger partial charge in [-0.25, -0.2) is 9.59 Å². The van der Waals surface area contributed by atoms with Crippen molar-refractivity contribution in [3.05, 3.63) is 23.8 Å². The minimum Gasteiger partial charge on any atom is -0.507 e. The summed E-state index contributed by atoms with van der Waals surface area (Å²) >= 11 is 0. The molecule has 1 aliphatic rings. The molecule has 21 heavy (non-hydrogen) atoms. The number of benzene rings is 1. The van der Waals surface area contributed by atoms with Crippen molar-refractivity contribution in [1.29, 1.82) is 0 Å². The number of carboxylic acids is 1. The molecule has 3 N–H and O–H groups in total. The molecule has 0 aliphatic carbocycles. The third-order valence-electron chi connectivity index (χ3n) is 3.19. The minimum atomic E-state index is -1.22. The van der Waals surface area contributed by atoms with Gasteiger partial charge in [-0.3, -0.25) is 0 Å². The lowest BCUT2D eigenvalue weighted by Gasteiger charge is -2.35. The van der Waals surface area contributed by atoms with Crippen molar-refractivity contribution >= 4 is 17.7 Å². The number of hydrogen-bond donors (Lipinski definition) is 3. The summed E-state index contributed by atoms with van der Waals surface area (Å²) in [6.07, 6.45) is -0.0791. The van der Waals surface area contributed by atoms with E-state index in [-0.39, 0.29) is 29.6 Å². The summed E-state index contributed by atoms with van der Waals surface area (Å²) in [5.74, 6) is -1.61. The molecule has 1 fully saturated rings. The third kappa shape index (κ3) is 3.63. The van der Waals surface area contributed by atoms with Crippen LogP contribution in [0.2, 0.25) is 0 Å². The molecule has 1 aliphatic heterocycles. The van der Waals surface area contributed by atoms with Gasteiger partial charge in [0.05, 0.1) is 12.2 Å². The van der Waals surface area contributed by atoms with Gasteiger partial charge in [0.1, 0.15) is 11.3 Å². The lowest BCUT2D eigenvalue weighted by Crippen LogP contribution is -2.49. The molecular weight excluding hydrogens is 276 g/mol. The maximum absolute atomic E-state index is 12.2. The molecule has 0 unspecified atom stereocenters. The summed E-state index contributed by atoms with van der Waals surface area (Å²) < 4.78 is 5.55. The highest BCUT2D eigenvalue weighted by molar-refractivity contribution is 5.94. The lowest BCUT2D eigenvalue weighted by atomic mass is 10.2.